The molecule has 0 saturated carbocycles. The molecule has 0 amide bonds. The van der Waals surface area contributed by atoms with Crippen LogP contribution in [-0.2, 0) is 9.53 Å². The highest BCUT2D eigenvalue weighted by Gasteiger charge is 2.06. The monoisotopic (exact) mass is 172 g/mol. The molecule has 0 atom stereocenters. The number of esters is 1. The second-order valence-corrected chi connectivity index (χ2v) is 3.59. The summed E-state index contributed by atoms with van der Waals surface area (Å²) in [7, 11) is 1.41. The van der Waals surface area contributed by atoms with Crippen molar-refractivity contribution in [1.82, 2.24) is 0 Å². The second-order valence-electron chi connectivity index (χ2n) is 2.48. The van der Waals surface area contributed by atoms with Gasteiger partial charge in [-0.1, -0.05) is 5.57 Å². The van der Waals surface area contributed by atoms with E-state index in [0.29, 0.717) is 0 Å². The smallest absolute Gasteiger partial charge is 0.330 e. The number of carbonyl (C=O) groups is 1. The van der Waals surface area contributed by atoms with E-state index in [4.69, 9.17) is 0 Å². The molecule has 0 unspecified atom stereocenters. The molecule has 1 rings (SSSR count). The van der Waals surface area contributed by atoms with Crippen molar-refractivity contribution in [2.75, 3.05) is 18.6 Å². The van der Waals surface area contributed by atoms with Gasteiger partial charge in [0.25, 0.3) is 0 Å². The predicted molar refractivity (Wildman–Crippen MR) is 46.7 cm³/mol. The maximum absolute atomic E-state index is 10.8. The number of carbonyl (C=O) groups excluding carboxylic acids is 1. The topological polar surface area (TPSA) is 26.3 Å². The van der Waals surface area contributed by atoms with Gasteiger partial charge in [0.2, 0.25) is 0 Å². The second kappa shape index (κ2) is 4.44. The molecule has 0 radical (unpaired) electrons. The van der Waals surface area contributed by atoms with Gasteiger partial charge in [-0.2, -0.15) is 11.8 Å². The Morgan fingerprint density at radius 2 is 2.55 bits per heavy atom. The zero-order chi connectivity index (χ0) is 8.10. The van der Waals surface area contributed by atoms with E-state index in [9.17, 15) is 4.79 Å². The Hall–Kier alpha value is -0.440. The Labute approximate surface area is 71.0 Å². The standard InChI is InChI=1S/C8H12O2S/c1-10-8(9)5-7-3-2-4-11-6-7/h5H,2-4,6H2,1H3. The average Bonchev–Trinajstić information content (AvgIpc) is 2.06. The van der Waals surface area contributed by atoms with Gasteiger partial charge in [0.1, 0.15) is 0 Å². The number of hydrogen-bond acceptors (Lipinski definition) is 3. The van der Waals surface area contributed by atoms with Gasteiger partial charge < -0.3 is 4.74 Å². The van der Waals surface area contributed by atoms with Crippen LogP contribution in [0.2, 0.25) is 0 Å². The molecule has 0 aromatic carbocycles. The highest BCUT2D eigenvalue weighted by Crippen LogP contribution is 2.21. The van der Waals surface area contributed by atoms with Crippen LogP contribution in [0.3, 0.4) is 0 Å². The van der Waals surface area contributed by atoms with Gasteiger partial charge in [-0.05, 0) is 18.6 Å². The van der Waals surface area contributed by atoms with E-state index in [-0.39, 0.29) is 5.97 Å². The van der Waals surface area contributed by atoms with Crippen molar-refractivity contribution in [3.05, 3.63) is 11.6 Å². The van der Waals surface area contributed by atoms with Crippen LogP contribution in [0.4, 0.5) is 0 Å². The third kappa shape index (κ3) is 2.97. The number of rotatable bonds is 1. The molecular weight excluding hydrogens is 160 g/mol. The molecule has 1 fully saturated rings. The summed E-state index contributed by atoms with van der Waals surface area (Å²) >= 11 is 1.88. The lowest BCUT2D eigenvalue weighted by Crippen LogP contribution is -2.03. The summed E-state index contributed by atoms with van der Waals surface area (Å²) in [5.41, 5.74) is 1.22. The van der Waals surface area contributed by atoms with Crippen LogP contribution in [0.25, 0.3) is 0 Å². The van der Waals surface area contributed by atoms with Gasteiger partial charge in [-0.25, -0.2) is 4.79 Å². The number of methoxy groups -OCH3 is 1. The molecule has 1 aliphatic rings. The van der Waals surface area contributed by atoms with Crippen LogP contribution in [0.1, 0.15) is 12.8 Å². The molecular formula is C8H12O2S. The van der Waals surface area contributed by atoms with Crippen LogP contribution in [0.5, 0.6) is 0 Å². The Balaban J connectivity index is 2.43. The van der Waals surface area contributed by atoms with Crippen LogP contribution in [-0.4, -0.2) is 24.6 Å². The lowest BCUT2D eigenvalue weighted by Gasteiger charge is -2.12. The summed E-state index contributed by atoms with van der Waals surface area (Å²) in [6.45, 7) is 0. The first-order valence-corrected chi connectivity index (χ1v) is 4.83. The van der Waals surface area contributed by atoms with Crippen molar-refractivity contribution in [1.29, 1.82) is 0 Å². The largest absolute Gasteiger partial charge is 0.466 e. The lowest BCUT2D eigenvalue weighted by atomic mass is 10.1. The van der Waals surface area contributed by atoms with E-state index >= 15 is 0 Å². The van der Waals surface area contributed by atoms with Crippen molar-refractivity contribution in [2.24, 2.45) is 0 Å². The summed E-state index contributed by atoms with van der Waals surface area (Å²) < 4.78 is 4.53. The van der Waals surface area contributed by atoms with Gasteiger partial charge in [-0.15, -0.1) is 0 Å². The molecule has 3 heteroatoms. The van der Waals surface area contributed by atoms with E-state index in [1.165, 1.54) is 24.9 Å². The fourth-order valence-electron chi connectivity index (χ4n) is 1.02. The Morgan fingerprint density at radius 3 is 3.09 bits per heavy atom. The molecule has 0 aromatic rings. The molecule has 0 aliphatic carbocycles. The SMILES string of the molecule is COC(=O)C=C1CCCSC1. The maximum Gasteiger partial charge on any atom is 0.330 e. The highest BCUT2D eigenvalue weighted by molar-refractivity contribution is 7.99. The maximum atomic E-state index is 10.8. The molecule has 11 heavy (non-hydrogen) atoms. The quantitative estimate of drug-likeness (QED) is 0.444. The van der Waals surface area contributed by atoms with Crippen molar-refractivity contribution in [2.45, 2.75) is 12.8 Å². The third-order valence-corrected chi connectivity index (χ3v) is 2.75. The molecule has 1 aliphatic heterocycles. The minimum Gasteiger partial charge on any atom is -0.466 e. The predicted octanol–water partition coefficient (Wildman–Crippen LogP) is 1.61. The van der Waals surface area contributed by atoms with Gasteiger partial charge >= 0.3 is 5.97 Å². The van der Waals surface area contributed by atoms with Gasteiger partial charge in [0.15, 0.2) is 0 Å². The minimum absolute atomic E-state index is 0.220. The Bertz CT molecular complexity index is 167. The molecule has 1 saturated heterocycles. The van der Waals surface area contributed by atoms with E-state index in [1.807, 2.05) is 11.8 Å². The number of ether oxygens (including phenoxy) is 1. The van der Waals surface area contributed by atoms with Crippen molar-refractivity contribution < 1.29 is 9.53 Å². The summed E-state index contributed by atoms with van der Waals surface area (Å²) in [5, 5.41) is 0. The van der Waals surface area contributed by atoms with Crippen molar-refractivity contribution in [3.63, 3.8) is 0 Å². The summed E-state index contributed by atoms with van der Waals surface area (Å²) in [6.07, 6.45) is 3.86. The van der Waals surface area contributed by atoms with Crippen LogP contribution in [0, 0.1) is 0 Å². The normalized spacial score (nSPS) is 21.7. The molecule has 1 heterocycles. The summed E-state index contributed by atoms with van der Waals surface area (Å²) in [5.74, 6) is 2.00. The minimum atomic E-state index is -0.220. The number of hydrogen-bond donors (Lipinski definition) is 0. The van der Waals surface area contributed by atoms with Gasteiger partial charge in [0.05, 0.1) is 7.11 Å². The number of thioether (sulfide) groups is 1. The van der Waals surface area contributed by atoms with E-state index in [2.05, 4.69) is 4.74 Å². The van der Waals surface area contributed by atoms with Gasteiger partial charge in [0, 0.05) is 11.8 Å². The van der Waals surface area contributed by atoms with E-state index in [0.717, 1.165) is 12.2 Å². The van der Waals surface area contributed by atoms with Crippen LogP contribution in [0.15, 0.2) is 11.6 Å². The third-order valence-electron chi connectivity index (χ3n) is 1.60. The van der Waals surface area contributed by atoms with Crippen molar-refractivity contribution >= 4 is 17.7 Å². The zero-order valence-electron chi connectivity index (χ0n) is 6.63. The fraction of sp³-hybridized carbons (Fsp3) is 0.625. The first-order valence-electron chi connectivity index (χ1n) is 3.68. The molecule has 0 aromatic heterocycles. The average molecular weight is 172 g/mol. The Morgan fingerprint density at radius 1 is 1.73 bits per heavy atom. The van der Waals surface area contributed by atoms with Crippen LogP contribution < -0.4 is 0 Å². The molecule has 0 N–H and O–H groups in total. The van der Waals surface area contributed by atoms with Gasteiger partial charge in [-0.3, -0.25) is 0 Å². The Kier molecular flexibility index (Phi) is 3.49. The van der Waals surface area contributed by atoms with E-state index < -0.39 is 0 Å². The highest BCUT2D eigenvalue weighted by atomic mass is 32.2. The first kappa shape index (κ1) is 8.65. The first-order chi connectivity index (χ1) is 5.33. The summed E-state index contributed by atoms with van der Waals surface area (Å²) in [4.78, 5) is 10.8. The van der Waals surface area contributed by atoms with Crippen LogP contribution >= 0.6 is 11.8 Å². The molecule has 0 spiro atoms. The van der Waals surface area contributed by atoms with Crippen molar-refractivity contribution in [3.8, 4) is 0 Å². The van der Waals surface area contributed by atoms with E-state index in [1.54, 1.807) is 6.08 Å². The molecule has 2 nitrogen and oxygen atoms in total. The molecule has 62 valence electrons. The summed E-state index contributed by atoms with van der Waals surface area (Å²) in [6, 6.07) is 0. The fourth-order valence-corrected chi connectivity index (χ4v) is 2.00. The molecule has 0 bridgehead atoms. The zero-order valence-corrected chi connectivity index (χ0v) is 7.45. The lowest BCUT2D eigenvalue weighted by molar-refractivity contribution is -0.134.